The summed E-state index contributed by atoms with van der Waals surface area (Å²) < 4.78 is 3.56. The van der Waals surface area contributed by atoms with Crippen molar-refractivity contribution in [1.82, 2.24) is 29.8 Å². The minimum Gasteiger partial charge on any atom is -0.369 e. The predicted octanol–water partition coefficient (Wildman–Crippen LogP) is 0.0810. The lowest BCUT2D eigenvalue weighted by Crippen LogP contribution is -2.12. The van der Waals surface area contributed by atoms with E-state index in [2.05, 4.69) is 20.5 Å². The first-order valence-electron chi connectivity index (χ1n) is 4.72. The minimum absolute atomic E-state index is 0.236. The minimum atomic E-state index is 0.236. The van der Waals surface area contributed by atoms with Crippen molar-refractivity contribution in [2.45, 2.75) is 26.4 Å². The molecule has 0 atom stereocenters. The summed E-state index contributed by atoms with van der Waals surface area (Å²) >= 11 is 0. The first-order chi connectivity index (χ1) is 7.18. The van der Waals surface area contributed by atoms with Crippen molar-refractivity contribution in [3.63, 3.8) is 0 Å². The summed E-state index contributed by atoms with van der Waals surface area (Å²) in [5.74, 6) is 1.24. The summed E-state index contributed by atoms with van der Waals surface area (Å²) in [5.41, 5.74) is 5.66. The Hall–Kier alpha value is -1.92. The van der Waals surface area contributed by atoms with Crippen LogP contribution in [0, 0.1) is 0 Å². The highest BCUT2D eigenvalue weighted by atomic mass is 15.6. The average molecular weight is 207 g/mol. The smallest absolute Gasteiger partial charge is 0.200 e. The van der Waals surface area contributed by atoms with Gasteiger partial charge in [-0.15, -0.1) is 5.10 Å². The molecule has 0 unspecified atom stereocenters. The van der Waals surface area contributed by atoms with Gasteiger partial charge in [0, 0.05) is 12.4 Å². The van der Waals surface area contributed by atoms with Crippen LogP contribution in [0.2, 0.25) is 0 Å². The van der Waals surface area contributed by atoms with Crippen LogP contribution in [0.5, 0.6) is 0 Å². The summed E-state index contributed by atoms with van der Waals surface area (Å²) in [6.07, 6.45) is 3.45. The second-order valence-electron chi connectivity index (χ2n) is 3.55. The van der Waals surface area contributed by atoms with Crippen molar-refractivity contribution >= 4 is 5.95 Å². The molecule has 2 aromatic rings. The van der Waals surface area contributed by atoms with E-state index < -0.39 is 0 Å². The number of aromatic nitrogens is 6. The van der Waals surface area contributed by atoms with Crippen molar-refractivity contribution < 1.29 is 0 Å². The van der Waals surface area contributed by atoms with Crippen LogP contribution in [0.25, 0.3) is 0 Å². The lowest BCUT2D eigenvalue weighted by Gasteiger charge is -2.08. The fourth-order valence-electron chi connectivity index (χ4n) is 1.34. The van der Waals surface area contributed by atoms with Gasteiger partial charge < -0.3 is 10.3 Å². The second kappa shape index (κ2) is 3.68. The highest BCUT2D eigenvalue weighted by Crippen LogP contribution is 2.07. The molecule has 0 spiro atoms. The third-order valence-corrected chi connectivity index (χ3v) is 2.11. The monoisotopic (exact) mass is 207 g/mol. The Bertz CT molecular complexity index is 441. The van der Waals surface area contributed by atoms with Gasteiger partial charge in [-0.25, -0.2) is 9.67 Å². The number of nitrogens with two attached hydrogens (primary N) is 1. The predicted molar refractivity (Wildman–Crippen MR) is 53.9 cm³/mol. The molecular weight excluding hydrogens is 194 g/mol. The van der Waals surface area contributed by atoms with Crippen LogP contribution < -0.4 is 5.73 Å². The summed E-state index contributed by atoms with van der Waals surface area (Å²) in [6, 6.07) is 0.236. The zero-order chi connectivity index (χ0) is 10.8. The molecule has 0 aliphatic rings. The largest absolute Gasteiger partial charge is 0.369 e. The summed E-state index contributed by atoms with van der Waals surface area (Å²) in [5, 5.41) is 11.5. The third kappa shape index (κ3) is 1.80. The Balaban J connectivity index is 2.25. The highest BCUT2D eigenvalue weighted by Gasteiger charge is 2.10. The van der Waals surface area contributed by atoms with Crippen molar-refractivity contribution in [2.75, 3.05) is 5.73 Å². The van der Waals surface area contributed by atoms with E-state index >= 15 is 0 Å². The Labute approximate surface area is 86.9 Å². The van der Waals surface area contributed by atoms with Crippen molar-refractivity contribution in [3.05, 3.63) is 18.2 Å². The number of nitrogens with zero attached hydrogens (tertiary/aromatic N) is 6. The lowest BCUT2D eigenvalue weighted by molar-refractivity contribution is 0.487. The third-order valence-electron chi connectivity index (χ3n) is 2.11. The van der Waals surface area contributed by atoms with E-state index in [4.69, 9.17) is 5.73 Å². The summed E-state index contributed by atoms with van der Waals surface area (Å²) in [4.78, 5) is 3.93. The molecule has 80 valence electrons. The zero-order valence-electron chi connectivity index (χ0n) is 8.70. The number of hydrogen-bond acceptors (Lipinski definition) is 5. The molecule has 0 aromatic carbocycles. The Morgan fingerprint density at radius 1 is 1.47 bits per heavy atom. The Morgan fingerprint density at radius 2 is 2.27 bits per heavy atom. The Morgan fingerprint density at radius 3 is 2.87 bits per heavy atom. The van der Waals surface area contributed by atoms with Gasteiger partial charge in [-0.05, 0) is 24.3 Å². The Kier molecular flexibility index (Phi) is 2.36. The van der Waals surface area contributed by atoms with Gasteiger partial charge in [-0.2, -0.15) is 0 Å². The molecule has 7 heteroatoms. The number of imidazole rings is 1. The van der Waals surface area contributed by atoms with Gasteiger partial charge in [0.25, 0.3) is 0 Å². The van der Waals surface area contributed by atoms with Crippen molar-refractivity contribution in [1.29, 1.82) is 0 Å². The number of anilines is 1. The first-order valence-corrected chi connectivity index (χ1v) is 4.72. The van der Waals surface area contributed by atoms with E-state index in [1.54, 1.807) is 21.6 Å². The van der Waals surface area contributed by atoms with Crippen molar-refractivity contribution in [3.8, 4) is 0 Å². The van der Waals surface area contributed by atoms with Gasteiger partial charge >= 0.3 is 0 Å². The number of hydrogen-bond donors (Lipinski definition) is 1. The van der Waals surface area contributed by atoms with Gasteiger partial charge in [-0.1, -0.05) is 0 Å². The van der Waals surface area contributed by atoms with Gasteiger partial charge in [0.15, 0.2) is 5.82 Å². The van der Waals surface area contributed by atoms with Crippen LogP contribution in [0.3, 0.4) is 0 Å². The van der Waals surface area contributed by atoms with Gasteiger partial charge in [0.05, 0.1) is 12.6 Å². The topological polar surface area (TPSA) is 87.4 Å². The summed E-state index contributed by atoms with van der Waals surface area (Å²) in [6.45, 7) is 4.59. The van der Waals surface area contributed by atoms with Gasteiger partial charge in [0.2, 0.25) is 5.95 Å². The molecule has 7 nitrogen and oxygen atoms in total. The summed E-state index contributed by atoms with van der Waals surface area (Å²) in [7, 11) is 0. The first kappa shape index (κ1) is 9.63. The molecular formula is C8H13N7. The molecule has 0 aliphatic heterocycles. The van der Waals surface area contributed by atoms with E-state index in [1.807, 2.05) is 13.8 Å². The van der Waals surface area contributed by atoms with Crippen LogP contribution in [-0.4, -0.2) is 29.8 Å². The normalized spacial score (nSPS) is 11.1. The maximum absolute atomic E-state index is 5.66. The maximum atomic E-state index is 5.66. The zero-order valence-corrected chi connectivity index (χ0v) is 8.70. The van der Waals surface area contributed by atoms with Crippen LogP contribution >= 0.6 is 0 Å². The van der Waals surface area contributed by atoms with E-state index in [0.29, 0.717) is 12.5 Å². The van der Waals surface area contributed by atoms with Crippen LogP contribution in [0.15, 0.2) is 12.4 Å². The standard InChI is InChI=1S/C8H13N7/c1-6(2)15-7(11-12-13-15)5-14-4-3-10-8(14)9/h3-4,6H,5H2,1-2H3,(H2,9,10). The van der Waals surface area contributed by atoms with E-state index in [-0.39, 0.29) is 6.04 Å². The molecule has 2 heterocycles. The SMILES string of the molecule is CC(C)n1nnnc1Cn1ccnc1N. The molecule has 2 N–H and O–H groups in total. The molecule has 2 aromatic heterocycles. The molecule has 0 bridgehead atoms. The molecule has 0 radical (unpaired) electrons. The van der Waals surface area contributed by atoms with E-state index in [9.17, 15) is 0 Å². The molecule has 15 heavy (non-hydrogen) atoms. The second-order valence-corrected chi connectivity index (χ2v) is 3.55. The fraction of sp³-hybridized carbons (Fsp3) is 0.500. The van der Waals surface area contributed by atoms with E-state index in [0.717, 1.165) is 5.82 Å². The molecule has 0 fully saturated rings. The highest BCUT2D eigenvalue weighted by molar-refractivity contribution is 5.17. The molecule has 2 rings (SSSR count). The molecule has 0 saturated carbocycles. The fourth-order valence-corrected chi connectivity index (χ4v) is 1.34. The van der Waals surface area contributed by atoms with Crippen LogP contribution in [0.4, 0.5) is 5.95 Å². The maximum Gasteiger partial charge on any atom is 0.200 e. The number of rotatable bonds is 3. The van der Waals surface area contributed by atoms with Gasteiger partial charge in [0.1, 0.15) is 0 Å². The van der Waals surface area contributed by atoms with Gasteiger partial charge in [-0.3, -0.25) is 0 Å². The van der Waals surface area contributed by atoms with E-state index in [1.165, 1.54) is 0 Å². The molecule has 0 aliphatic carbocycles. The average Bonchev–Trinajstić information content (AvgIpc) is 2.77. The number of tetrazole rings is 1. The molecule has 0 saturated heterocycles. The molecule has 0 amide bonds. The quantitative estimate of drug-likeness (QED) is 0.770. The lowest BCUT2D eigenvalue weighted by atomic mass is 10.4. The van der Waals surface area contributed by atoms with Crippen molar-refractivity contribution in [2.24, 2.45) is 0 Å². The van der Waals surface area contributed by atoms with Crippen LogP contribution in [0.1, 0.15) is 25.7 Å². The number of nitrogen functional groups attached to an aromatic ring is 1. The van der Waals surface area contributed by atoms with Crippen LogP contribution in [-0.2, 0) is 6.54 Å².